The number of nitrogens with zero attached hydrogens (tertiary/aromatic N) is 2. The van der Waals surface area contributed by atoms with Gasteiger partial charge in [-0.3, -0.25) is 4.79 Å². The Morgan fingerprint density at radius 3 is 2.39 bits per heavy atom. The van der Waals surface area contributed by atoms with Crippen molar-refractivity contribution in [2.45, 2.75) is 6.42 Å². The summed E-state index contributed by atoms with van der Waals surface area (Å²) >= 11 is 0. The summed E-state index contributed by atoms with van der Waals surface area (Å²) in [4.78, 5) is 28.8. The second-order valence-electron chi connectivity index (χ2n) is 5.84. The zero-order valence-corrected chi connectivity index (χ0v) is 14.8. The Morgan fingerprint density at radius 2 is 1.68 bits per heavy atom. The van der Waals surface area contributed by atoms with Crippen LogP contribution in [0, 0.1) is 0 Å². The Bertz CT molecular complexity index is 986. The fourth-order valence-corrected chi connectivity index (χ4v) is 2.31. The molecule has 3 rings (SSSR count). The molecule has 3 aromatic rings. The Hall–Kier alpha value is -4.00. The van der Waals surface area contributed by atoms with E-state index in [0.717, 1.165) is 5.56 Å². The molecule has 140 valence electrons. The largest absolute Gasteiger partial charge is 0.508 e. The normalized spacial score (nSPS) is 10.6. The van der Waals surface area contributed by atoms with E-state index in [4.69, 9.17) is 4.84 Å². The first kappa shape index (κ1) is 18.8. The molecule has 28 heavy (non-hydrogen) atoms. The number of rotatable bonds is 6. The van der Waals surface area contributed by atoms with Crippen molar-refractivity contribution >= 4 is 23.3 Å². The summed E-state index contributed by atoms with van der Waals surface area (Å²) in [6.45, 7) is 0. The Morgan fingerprint density at radius 1 is 0.929 bits per heavy atom. The minimum Gasteiger partial charge on any atom is -0.508 e. The standard InChI is InChI=1S/C21H17N3O4/c25-19-8-4-7-16(14-19)21(27)23-22-17-9-11-18(12-10-17)24-28-20(26)13-15-5-2-1-3-6-15/h1-12,14,24-25H,13H2. The summed E-state index contributed by atoms with van der Waals surface area (Å²) in [5.74, 6) is -0.988. The van der Waals surface area contributed by atoms with E-state index < -0.39 is 11.9 Å². The van der Waals surface area contributed by atoms with Gasteiger partial charge in [0.15, 0.2) is 0 Å². The van der Waals surface area contributed by atoms with Crippen LogP contribution >= 0.6 is 0 Å². The first-order valence-corrected chi connectivity index (χ1v) is 8.45. The van der Waals surface area contributed by atoms with E-state index in [1.807, 2.05) is 30.3 Å². The lowest BCUT2D eigenvalue weighted by Gasteiger charge is -2.07. The zero-order valence-electron chi connectivity index (χ0n) is 14.8. The Kier molecular flexibility index (Phi) is 6.10. The molecule has 0 saturated carbocycles. The van der Waals surface area contributed by atoms with Crippen LogP contribution in [0.5, 0.6) is 5.75 Å². The number of aromatic hydroxyl groups is 1. The van der Waals surface area contributed by atoms with Crippen molar-refractivity contribution in [3.63, 3.8) is 0 Å². The van der Waals surface area contributed by atoms with Gasteiger partial charge in [0.2, 0.25) is 0 Å². The van der Waals surface area contributed by atoms with Gasteiger partial charge < -0.3 is 9.94 Å². The fraction of sp³-hybridized carbons (Fsp3) is 0.0476. The van der Waals surface area contributed by atoms with E-state index in [0.29, 0.717) is 11.4 Å². The third-order valence-corrected chi connectivity index (χ3v) is 3.69. The van der Waals surface area contributed by atoms with E-state index in [9.17, 15) is 14.7 Å². The van der Waals surface area contributed by atoms with Crippen LogP contribution < -0.4 is 5.48 Å². The smallest absolute Gasteiger partial charge is 0.336 e. The van der Waals surface area contributed by atoms with E-state index in [2.05, 4.69) is 15.7 Å². The topological polar surface area (TPSA) is 100 Å². The number of azo groups is 1. The molecule has 7 heteroatoms. The molecule has 7 nitrogen and oxygen atoms in total. The molecule has 0 atom stereocenters. The highest BCUT2D eigenvalue weighted by molar-refractivity contribution is 5.95. The average molecular weight is 375 g/mol. The van der Waals surface area contributed by atoms with Crippen LogP contribution in [0.4, 0.5) is 11.4 Å². The molecule has 0 radical (unpaired) electrons. The van der Waals surface area contributed by atoms with Crippen molar-refractivity contribution in [3.05, 3.63) is 90.0 Å². The molecule has 0 aliphatic carbocycles. The van der Waals surface area contributed by atoms with Gasteiger partial charge in [-0.1, -0.05) is 36.4 Å². The first-order chi connectivity index (χ1) is 13.6. The molecule has 0 aliphatic heterocycles. The van der Waals surface area contributed by atoms with Gasteiger partial charge in [-0.05, 0) is 48.0 Å². The summed E-state index contributed by atoms with van der Waals surface area (Å²) in [7, 11) is 0. The lowest BCUT2D eigenvalue weighted by Crippen LogP contribution is -2.12. The monoisotopic (exact) mass is 375 g/mol. The minimum atomic E-state index is -0.562. The number of phenols is 1. The average Bonchev–Trinajstić information content (AvgIpc) is 2.72. The molecule has 0 bridgehead atoms. The van der Waals surface area contributed by atoms with Crippen molar-refractivity contribution in [2.75, 3.05) is 5.48 Å². The molecule has 0 saturated heterocycles. The summed E-state index contributed by atoms with van der Waals surface area (Å²) in [6.07, 6.45) is 0.164. The van der Waals surface area contributed by atoms with Crippen LogP contribution in [0.15, 0.2) is 89.1 Å². The lowest BCUT2D eigenvalue weighted by atomic mass is 10.2. The number of hydrogen-bond donors (Lipinski definition) is 2. The molecular weight excluding hydrogens is 358 g/mol. The van der Waals surface area contributed by atoms with Crippen LogP contribution in [-0.2, 0) is 16.1 Å². The van der Waals surface area contributed by atoms with E-state index >= 15 is 0 Å². The molecule has 0 spiro atoms. The van der Waals surface area contributed by atoms with Gasteiger partial charge in [-0.25, -0.2) is 10.3 Å². The Labute approximate surface area is 161 Å². The maximum Gasteiger partial charge on any atom is 0.336 e. The van der Waals surface area contributed by atoms with Crippen molar-refractivity contribution in [2.24, 2.45) is 10.2 Å². The second-order valence-corrected chi connectivity index (χ2v) is 5.84. The zero-order chi connectivity index (χ0) is 19.8. The van der Waals surface area contributed by atoms with Crippen LogP contribution in [0.1, 0.15) is 15.9 Å². The van der Waals surface area contributed by atoms with Gasteiger partial charge >= 0.3 is 5.97 Å². The van der Waals surface area contributed by atoms with Gasteiger partial charge in [0.25, 0.3) is 5.91 Å². The first-order valence-electron chi connectivity index (χ1n) is 8.45. The Balaban J connectivity index is 1.52. The van der Waals surface area contributed by atoms with Crippen molar-refractivity contribution < 1.29 is 19.5 Å². The van der Waals surface area contributed by atoms with Crippen LogP contribution in [0.25, 0.3) is 0 Å². The SMILES string of the molecule is O=C(Cc1ccccc1)ONc1ccc(N=NC(=O)c2cccc(O)c2)cc1. The third kappa shape index (κ3) is 5.50. The quantitative estimate of drug-likeness (QED) is 0.490. The number of hydrogen-bond acceptors (Lipinski definition) is 6. The molecule has 0 aliphatic rings. The predicted molar refractivity (Wildman–Crippen MR) is 103 cm³/mol. The fourth-order valence-electron chi connectivity index (χ4n) is 2.31. The maximum atomic E-state index is 11.9. The van der Waals surface area contributed by atoms with Gasteiger partial charge in [0.05, 0.1) is 17.8 Å². The van der Waals surface area contributed by atoms with Gasteiger partial charge in [-0.15, -0.1) is 10.2 Å². The van der Waals surface area contributed by atoms with Gasteiger partial charge in [-0.2, -0.15) is 0 Å². The van der Waals surface area contributed by atoms with Crippen molar-refractivity contribution in [1.29, 1.82) is 0 Å². The van der Waals surface area contributed by atoms with E-state index in [-0.39, 0.29) is 17.7 Å². The van der Waals surface area contributed by atoms with E-state index in [1.165, 1.54) is 18.2 Å². The predicted octanol–water partition coefficient (Wildman–Crippen LogP) is 4.43. The minimum absolute atomic E-state index is 0.0155. The molecule has 2 N–H and O–H groups in total. The number of carbonyl (C=O) groups excluding carboxylic acids is 2. The van der Waals surface area contributed by atoms with Crippen LogP contribution in [0.2, 0.25) is 0 Å². The third-order valence-electron chi connectivity index (χ3n) is 3.69. The van der Waals surface area contributed by atoms with Crippen LogP contribution in [0.3, 0.4) is 0 Å². The molecule has 0 unspecified atom stereocenters. The van der Waals surface area contributed by atoms with Gasteiger partial charge in [0, 0.05) is 5.56 Å². The summed E-state index contributed by atoms with van der Waals surface area (Å²) in [6, 6.07) is 21.7. The second kappa shape index (κ2) is 9.09. The van der Waals surface area contributed by atoms with E-state index in [1.54, 1.807) is 30.3 Å². The molecule has 0 fully saturated rings. The summed E-state index contributed by atoms with van der Waals surface area (Å²) < 4.78 is 0. The highest BCUT2D eigenvalue weighted by Crippen LogP contribution is 2.18. The highest BCUT2D eigenvalue weighted by Gasteiger charge is 2.06. The number of phenolic OH excluding ortho intramolecular Hbond substituents is 1. The molecule has 3 aromatic carbocycles. The summed E-state index contributed by atoms with van der Waals surface area (Å²) in [5.41, 5.74) is 4.69. The van der Waals surface area contributed by atoms with Crippen LogP contribution in [-0.4, -0.2) is 17.0 Å². The molecule has 0 heterocycles. The molecule has 1 amide bonds. The summed E-state index contributed by atoms with van der Waals surface area (Å²) in [5, 5.41) is 16.9. The molecule has 0 aromatic heterocycles. The van der Waals surface area contributed by atoms with Gasteiger partial charge in [0.1, 0.15) is 5.75 Å². The maximum absolute atomic E-state index is 11.9. The van der Waals surface area contributed by atoms with Crippen molar-refractivity contribution in [1.82, 2.24) is 0 Å². The molecular formula is C21H17N3O4. The number of nitrogens with one attached hydrogen (secondary N) is 1. The number of carbonyl (C=O) groups is 2. The lowest BCUT2D eigenvalue weighted by molar-refractivity contribution is -0.139. The number of anilines is 1. The number of amides is 1. The van der Waals surface area contributed by atoms with Crippen molar-refractivity contribution in [3.8, 4) is 5.75 Å². The number of benzene rings is 3. The highest BCUT2D eigenvalue weighted by atomic mass is 16.7.